The molecule has 0 unspecified atom stereocenters. The predicted octanol–water partition coefficient (Wildman–Crippen LogP) is 6.42. The molecular formula is C23H13Cl2N3O3. The van der Waals surface area contributed by atoms with Gasteiger partial charge in [0.05, 0.1) is 38.2 Å². The first-order valence-electron chi connectivity index (χ1n) is 8.89. The van der Waals surface area contributed by atoms with E-state index in [1.807, 2.05) is 6.07 Å². The van der Waals surface area contributed by atoms with Gasteiger partial charge in [0.1, 0.15) is 6.61 Å². The molecule has 3 aromatic rings. The molecule has 0 aromatic heterocycles. The third kappa shape index (κ3) is 5.21. The summed E-state index contributed by atoms with van der Waals surface area (Å²) < 4.78 is 5.73. The number of hydrogen-bond donors (Lipinski definition) is 0. The Morgan fingerprint density at radius 2 is 1.77 bits per heavy atom. The second-order valence-corrected chi connectivity index (χ2v) is 7.16. The van der Waals surface area contributed by atoms with Crippen LogP contribution in [0.3, 0.4) is 0 Å². The van der Waals surface area contributed by atoms with Gasteiger partial charge in [-0.3, -0.25) is 10.1 Å². The predicted molar refractivity (Wildman–Crippen MR) is 119 cm³/mol. The van der Waals surface area contributed by atoms with Crippen LogP contribution in [0.15, 0.2) is 60.7 Å². The summed E-state index contributed by atoms with van der Waals surface area (Å²) in [6.07, 6.45) is 1.53. The summed E-state index contributed by atoms with van der Waals surface area (Å²) in [7, 11) is 0. The summed E-state index contributed by atoms with van der Waals surface area (Å²) in [5.41, 5.74) is 2.22. The van der Waals surface area contributed by atoms with Gasteiger partial charge in [0.25, 0.3) is 5.69 Å². The molecule has 152 valence electrons. The summed E-state index contributed by atoms with van der Waals surface area (Å²) in [4.78, 5) is 10.5. The number of nitro groups is 1. The highest BCUT2D eigenvalue weighted by molar-refractivity contribution is 6.37. The number of rotatable bonds is 6. The van der Waals surface area contributed by atoms with Gasteiger partial charge in [0, 0.05) is 17.7 Å². The lowest BCUT2D eigenvalue weighted by Crippen LogP contribution is -1.99. The Balaban J connectivity index is 1.89. The highest BCUT2D eigenvalue weighted by atomic mass is 35.5. The zero-order valence-electron chi connectivity index (χ0n) is 15.9. The molecule has 0 spiro atoms. The van der Waals surface area contributed by atoms with Crippen molar-refractivity contribution < 1.29 is 9.66 Å². The maximum absolute atomic E-state index is 11.0. The molecule has 0 radical (unpaired) electrons. The Morgan fingerprint density at radius 3 is 2.42 bits per heavy atom. The third-order valence-corrected chi connectivity index (χ3v) is 4.89. The number of hydrogen-bond acceptors (Lipinski definition) is 5. The number of benzene rings is 3. The Hall–Kier alpha value is -3.84. The van der Waals surface area contributed by atoms with E-state index in [1.54, 1.807) is 42.5 Å². The molecule has 0 N–H and O–H groups in total. The molecule has 3 aromatic carbocycles. The first-order valence-corrected chi connectivity index (χ1v) is 9.65. The standard InChI is InChI=1S/C23H13Cl2N3O3/c24-21-9-15(8-19(13-27)16-6-3-7-20(11-16)28(29)30)10-22(25)23(21)31-14-18-5-2-1-4-17(18)12-26/h1-11H,14H2/b19-8-. The van der Waals surface area contributed by atoms with E-state index in [2.05, 4.69) is 6.07 Å². The van der Waals surface area contributed by atoms with E-state index < -0.39 is 4.92 Å². The van der Waals surface area contributed by atoms with Gasteiger partial charge >= 0.3 is 0 Å². The van der Waals surface area contributed by atoms with E-state index in [9.17, 15) is 20.6 Å². The molecule has 0 saturated carbocycles. The summed E-state index contributed by atoms with van der Waals surface area (Å²) in [6.45, 7) is 0.107. The minimum atomic E-state index is -0.525. The fourth-order valence-corrected chi connectivity index (χ4v) is 3.45. The lowest BCUT2D eigenvalue weighted by atomic mass is 10.0. The first-order chi connectivity index (χ1) is 14.9. The number of nitrogens with zero attached hydrogens (tertiary/aromatic N) is 3. The van der Waals surface area contributed by atoms with Gasteiger partial charge in [-0.1, -0.05) is 53.5 Å². The Morgan fingerprint density at radius 1 is 1.06 bits per heavy atom. The molecule has 0 saturated heterocycles. The average Bonchev–Trinajstić information content (AvgIpc) is 2.77. The smallest absolute Gasteiger partial charge is 0.270 e. The van der Waals surface area contributed by atoms with Crippen LogP contribution in [0.1, 0.15) is 22.3 Å². The first kappa shape index (κ1) is 21.9. The van der Waals surface area contributed by atoms with Gasteiger partial charge < -0.3 is 4.74 Å². The van der Waals surface area contributed by atoms with E-state index in [4.69, 9.17) is 27.9 Å². The quantitative estimate of drug-likeness (QED) is 0.187. The van der Waals surface area contributed by atoms with E-state index >= 15 is 0 Å². The van der Waals surface area contributed by atoms with Crippen molar-refractivity contribution in [2.45, 2.75) is 6.61 Å². The fraction of sp³-hybridized carbons (Fsp3) is 0.0435. The molecule has 0 bridgehead atoms. The second-order valence-electron chi connectivity index (χ2n) is 6.35. The molecule has 0 atom stereocenters. The summed E-state index contributed by atoms with van der Waals surface area (Å²) in [5.74, 6) is 0.252. The van der Waals surface area contributed by atoms with E-state index in [0.29, 0.717) is 22.3 Å². The lowest BCUT2D eigenvalue weighted by molar-refractivity contribution is -0.384. The van der Waals surface area contributed by atoms with Crippen molar-refractivity contribution in [2.24, 2.45) is 0 Å². The van der Waals surface area contributed by atoms with Crippen molar-refractivity contribution in [3.8, 4) is 17.9 Å². The molecule has 6 nitrogen and oxygen atoms in total. The summed E-state index contributed by atoms with van der Waals surface area (Å²) in [6, 6.07) is 20.1. The molecule has 0 fully saturated rings. The van der Waals surface area contributed by atoms with Crippen LogP contribution in [0.2, 0.25) is 10.0 Å². The van der Waals surface area contributed by atoms with Crippen LogP contribution in [0.25, 0.3) is 11.6 Å². The molecule has 0 aliphatic carbocycles. The largest absolute Gasteiger partial charge is 0.486 e. The van der Waals surface area contributed by atoms with Crippen molar-refractivity contribution in [1.82, 2.24) is 0 Å². The van der Waals surface area contributed by atoms with Crippen LogP contribution in [0.4, 0.5) is 5.69 Å². The normalized spacial score (nSPS) is 10.8. The SMILES string of the molecule is N#C/C(=C/c1cc(Cl)c(OCc2ccccc2C#N)c(Cl)c1)c1cccc([N+](=O)[O-])c1. The topological polar surface area (TPSA) is 99.9 Å². The van der Waals surface area contributed by atoms with Crippen LogP contribution in [-0.2, 0) is 6.61 Å². The number of allylic oxidation sites excluding steroid dienone is 1. The average molecular weight is 450 g/mol. The van der Waals surface area contributed by atoms with Gasteiger partial charge in [0.2, 0.25) is 0 Å². The van der Waals surface area contributed by atoms with E-state index in [1.165, 1.54) is 24.3 Å². The van der Waals surface area contributed by atoms with Crippen LogP contribution in [0.5, 0.6) is 5.75 Å². The maximum Gasteiger partial charge on any atom is 0.270 e. The van der Waals surface area contributed by atoms with Gasteiger partial charge in [0.15, 0.2) is 5.75 Å². The fourth-order valence-electron chi connectivity index (χ4n) is 2.84. The highest BCUT2D eigenvalue weighted by Gasteiger charge is 2.13. The number of nitriles is 2. The highest BCUT2D eigenvalue weighted by Crippen LogP contribution is 2.36. The Bertz CT molecular complexity index is 1250. The summed E-state index contributed by atoms with van der Waals surface area (Å²) in [5, 5.41) is 30.1. The van der Waals surface area contributed by atoms with Crippen LogP contribution in [-0.4, -0.2) is 4.92 Å². The number of non-ortho nitro benzene ring substituents is 1. The van der Waals surface area contributed by atoms with Crippen molar-refractivity contribution in [3.05, 3.63) is 103 Å². The van der Waals surface area contributed by atoms with Gasteiger partial charge in [-0.2, -0.15) is 10.5 Å². The third-order valence-electron chi connectivity index (χ3n) is 4.33. The molecule has 0 aliphatic rings. The molecule has 8 heteroatoms. The van der Waals surface area contributed by atoms with Crippen LogP contribution >= 0.6 is 23.2 Å². The molecule has 3 rings (SSSR count). The van der Waals surface area contributed by atoms with Crippen molar-refractivity contribution >= 4 is 40.5 Å². The molecule has 0 amide bonds. The zero-order chi connectivity index (χ0) is 22.4. The molecule has 0 aliphatic heterocycles. The van der Waals surface area contributed by atoms with E-state index in [0.717, 1.165) is 0 Å². The number of nitro benzene ring substituents is 1. The van der Waals surface area contributed by atoms with Gasteiger partial charge in [-0.25, -0.2) is 0 Å². The van der Waals surface area contributed by atoms with Crippen molar-refractivity contribution in [3.63, 3.8) is 0 Å². The van der Waals surface area contributed by atoms with Crippen molar-refractivity contribution in [1.29, 1.82) is 10.5 Å². The minimum absolute atomic E-state index is 0.107. The Kier molecular flexibility index (Phi) is 6.89. The zero-order valence-corrected chi connectivity index (χ0v) is 17.4. The van der Waals surface area contributed by atoms with Gasteiger partial charge in [-0.15, -0.1) is 0 Å². The van der Waals surface area contributed by atoms with Crippen LogP contribution < -0.4 is 4.74 Å². The number of halogens is 2. The van der Waals surface area contributed by atoms with Crippen molar-refractivity contribution in [2.75, 3.05) is 0 Å². The van der Waals surface area contributed by atoms with Crippen LogP contribution in [0, 0.1) is 32.8 Å². The lowest BCUT2D eigenvalue weighted by Gasteiger charge is -2.12. The minimum Gasteiger partial charge on any atom is -0.486 e. The summed E-state index contributed by atoms with van der Waals surface area (Å²) >= 11 is 12.7. The second kappa shape index (κ2) is 9.77. The maximum atomic E-state index is 11.0. The molecular weight excluding hydrogens is 437 g/mol. The Labute approximate surface area is 188 Å². The number of ether oxygens (including phenoxy) is 1. The molecule has 31 heavy (non-hydrogen) atoms. The van der Waals surface area contributed by atoms with E-state index in [-0.39, 0.29) is 33.7 Å². The molecule has 0 heterocycles. The van der Waals surface area contributed by atoms with Gasteiger partial charge in [-0.05, 0) is 35.4 Å². The monoisotopic (exact) mass is 449 g/mol.